The molecule has 1 aromatic carbocycles. The van der Waals surface area contributed by atoms with Crippen molar-refractivity contribution in [2.45, 2.75) is 6.92 Å². The summed E-state index contributed by atoms with van der Waals surface area (Å²) < 4.78 is 2.07. The average Bonchev–Trinajstić information content (AvgIpc) is 2.25. The van der Waals surface area contributed by atoms with E-state index in [0.29, 0.717) is 0 Å². The molecule has 0 fully saturated rings. The van der Waals surface area contributed by atoms with Crippen molar-refractivity contribution in [2.24, 2.45) is 0 Å². The maximum absolute atomic E-state index is 2.25. The van der Waals surface area contributed by atoms with E-state index in [-0.39, 0.29) is 0 Å². The number of benzene rings is 1. The Labute approximate surface area is 99.2 Å². The average molecular weight is 296 g/mol. The maximum atomic E-state index is 2.25. The van der Waals surface area contributed by atoms with Gasteiger partial charge in [-0.3, -0.25) is 0 Å². The third-order valence-electron chi connectivity index (χ3n) is 1.75. The Morgan fingerprint density at radius 2 is 1.86 bits per heavy atom. The van der Waals surface area contributed by atoms with E-state index in [0.717, 1.165) is 0 Å². The summed E-state index contributed by atoms with van der Waals surface area (Å²) in [6.07, 6.45) is 8.36. The third-order valence-corrected chi connectivity index (χ3v) is 2.47. The minimum atomic E-state index is 1.22. The number of hydrogen-bond donors (Lipinski definition) is 0. The van der Waals surface area contributed by atoms with Gasteiger partial charge in [0.25, 0.3) is 0 Å². The van der Waals surface area contributed by atoms with Crippen molar-refractivity contribution in [3.05, 3.63) is 63.8 Å². The van der Waals surface area contributed by atoms with Gasteiger partial charge in [0.1, 0.15) is 0 Å². The van der Waals surface area contributed by atoms with Crippen molar-refractivity contribution in [1.82, 2.24) is 0 Å². The molecule has 1 heteroatoms. The molecule has 0 aliphatic rings. The van der Waals surface area contributed by atoms with Gasteiger partial charge < -0.3 is 0 Å². The topological polar surface area (TPSA) is 0 Å². The SMILES string of the molecule is C\C=C/C(/C=C/c1ccccc1)=C\I. The molecular weight excluding hydrogens is 283 g/mol. The summed E-state index contributed by atoms with van der Waals surface area (Å²) in [7, 11) is 0. The van der Waals surface area contributed by atoms with E-state index in [1.54, 1.807) is 0 Å². The number of hydrogen-bond acceptors (Lipinski definition) is 0. The molecule has 0 saturated carbocycles. The van der Waals surface area contributed by atoms with Gasteiger partial charge in [0.15, 0.2) is 0 Å². The van der Waals surface area contributed by atoms with Crippen LogP contribution in [0.5, 0.6) is 0 Å². The zero-order chi connectivity index (χ0) is 10.2. The van der Waals surface area contributed by atoms with Gasteiger partial charge in [-0.15, -0.1) is 0 Å². The molecule has 0 N–H and O–H groups in total. The van der Waals surface area contributed by atoms with Crippen molar-refractivity contribution < 1.29 is 0 Å². The highest BCUT2D eigenvalue weighted by Gasteiger charge is 1.85. The van der Waals surface area contributed by atoms with Crippen LogP contribution in [0.1, 0.15) is 12.5 Å². The zero-order valence-electron chi connectivity index (χ0n) is 8.15. The standard InChI is InChI=1S/C13H13I/c1-2-6-13(11-14)10-9-12-7-4-3-5-8-12/h2-11H,1H3/b6-2-,10-9+,13-11+. The monoisotopic (exact) mass is 296 g/mol. The molecule has 0 amide bonds. The molecule has 1 aromatic rings. The van der Waals surface area contributed by atoms with Gasteiger partial charge in [0.2, 0.25) is 0 Å². The minimum absolute atomic E-state index is 1.22. The Balaban J connectivity index is 2.73. The summed E-state index contributed by atoms with van der Waals surface area (Å²) in [5.41, 5.74) is 2.45. The first kappa shape index (κ1) is 11.2. The molecule has 0 unspecified atom stereocenters. The molecule has 0 radical (unpaired) electrons. The van der Waals surface area contributed by atoms with Crippen LogP contribution in [-0.4, -0.2) is 0 Å². The smallest absolute Gasteiger partial charge is 0.0161 e. The number of halogens is 1. The van der Waals surface area contributed by atoms with Gasteiger partial charge in [0, 0.05) is 0 Å². The lowest BCUT2D eigenvalue weighted by Gasteiger charge is -1.92. The van der Waals surface area contributed by atoms with Crippen LogP contribution < -0.4 is 0 Å². The second kappa shape index (κ2) is 6.60. The second-order valence-electron chi connectivity index (χ2n) is 2.85. The van der Waals surface area contributed by atoms with Crippen LogP contribution in [0.3, 0.4) is 0 Å². The van der Waals surface area contributed by atoms with E-state index < -0.39 is 0 Å². The highest BCUT2D eigenvalue weighted by Crippen LogP contribution is 2.08. The molecule has 0 bridgehead atoms. The molecule has 0 spiro atoms. The summed E-state index contributed by atoms with van der Waals surface area (Å²) in [6.45, 7) is 2.02. The predicted octanol–water partition coefficient (Wildman–Crippen LogP) is 4.59. The van der Waals surface area contributed by atoms with Crippen LogP contribution in [0.15, 0.2) is 58.2 Å². The Bertz CT molecular complexity index is 345. The summed E-state index contributed by atoms with van der Waals surface area (Å²) in [4.78, 5) is 0. The van der Waals surface area contributed by atoms with E-state index in [9.17, 15) is 0 Å². The van der Waals surface area contributed by atoms with Crippen LogP contribution in [0, 0.1) is 0 Å². The van der Waals surface area contributed by atoms with Crippen LogP contribution in [0.2, 0.25) is 0 Å². The molecule has 0 heterocycles. The summed E-state index contributed by atoms with van der Waals surface area (Å²) in [5.74, 6) is 0. The molecule has 72 valence electrons. The Kier molecular flexibility index (Phi) is 5.30. The fourth-order valence-corrected chi connectivity index (χ4v) is 1.49. The lowest BCUT2D eigenvalue weighted by atomic mass is 10.1. The van der Waals surface area contributed by atoms with Gasteiger partial charge in [-0.2, -0.15) is 0 Å². The number of rotatable bonds is 3. The first-order valence-electron chi connectivity index (χ1n) is 4.53. The van der Waals surface area contributed by atoms with Crippen LogP contribution in [0.25, 0.3) is 6.08 Å². The van der Waals surface area contributed by atoms with Gasteiger partial charge in [-0.25, -0.2) is 0 Å². The molecule has 0 atom stereocenters. The molecule has 0 nitrogen and oxygen atoms in total. The van der Waals surface area contributed by atoms with Crippen molar-refractivity contribution in [1.29, 1.82) is 0 Å². The zero-order valence-corrected chi connectivity index (χ0v) is 10.3. The van der Waals surface area contributed by atoms with Gasteiger partial charge in [-0.05, 0) is 22.1 Å². The first-order valence-corrected chi connectivity index (χ1v) is 5.77. The normalized spacial score (nSPS) is 12.9. The molecule has 0 aliphatic heterocycles. The molecule has 1 rings (SSSR count). The quantitative estimate of drug-likeness (QED) is 0.565. The van der Waals surface area contributed by atoms with Crippen molar-refractivity contribution in [2.75, 3.05) is 0 Å². The summed E-state index contributed by atoms with van der Waals surface area (Å²) in [6, 6.07) is 10.3. The molecule has 0 aliphatic carbocycles. The van der Waals surface area contributed by atoms with Gasteiger partial charge in [0.05, 0.1) is 0 Å². The first-order chi connectivity index (χ1) is 6.86. The van der Waals surface area contributed by atoms with Crippen LogP contribution in [-0.2, 0) is 0 Å². The Morgan fingerprint density at radius 1 is 1.14 bits per heavy atom. The second-order valence-corrected chi connectivity index (χ2v) is 3.48. The molecule has 0 aromatic heterocycles. The van der Waals surface area contributed by atoms with E-state index in [1.807, 2.05) is 31.2 Å². The third kappa shape index (κ3) is 3.92. The highest BCUT2D eigenvalue weighted by atomic mass is 127. The fourth-order valence-electron chi connectivity index (χ4n) is 1.08. The molecular formula is C13H13I. The Hall–Kier alpha value is -0.830. The van der Waals surface area contributed by atoms with Crippen LogP contribution in [0.4, 0.5) is 0 Å². The van der Waals surface area contributed by atoms with Crippen molar-refractivity contribution in [3.8, 4) is 0 Å². The summed E-state index contributed by atoms with van der Waals surface area (Å²) in [5, 5.41) is 0. The largest absolute Gasteiger partial charge is 0.0871 e. The predicted molar refractivity (Wildman–Crippen MR) is 72.4 cm³/mol. The Morgan fingerprint density at radius 3 is 2.43 bits per heavy atom. The highest BCUT2D eigenvalue weighted by molar-refractivity contribution is 14.1. The lowest BCUT2D eigenvalue weighted by molar-refractivity contribution is 1.63. The lowest BCUT2D eigenvalue weighted by Crippen LogP contribution is -1.71. The van der Waals surface area contributed by atoms with Crippen LogP contribution >= 0.6 is 22.6 Å². The van der Waals surface area contributed by atoms with E-state index in [2.05, 4.69) is 57.0 Å². The van der Waals surface area contributed by atoms with Crippen molar-refractivity contribution in [3.63, 3.8) is 0 Å². The van der Waals surface area contributed by atoms with E-state index >= 15 is 0 Å². The van der Waals surface area contributed by atoms with Crippen molar-refractivity contribution >= 4 is 28.7 Å². The maximum Gasteiger partial charge on any atom is -0.0161 e. The molecule has 14 heavy (non-hydrogen) atoms. The van der Waals surface area contributed by atoms with E-state index in [1.165, 1.54) is 11.1 Å². The van der Waals surface area contributed by atoms with E-state index in [4.69, 9.17) is 0 Å². The number of allylic oxidation sites excluding steroid dienone is 4. The summed E-state index contributed by atoms with van der Waals surface area (Å²) >= 11 is 2.25. The molecule has 0 saturated heterocycles. The fraction of sp³-hybridized carbons (Fsp3) is 0.0769. The minimum Gasteiger partial charge on any atom is -0.0871 e. The van der Waals surface area contributed by atoms with Gasteiger partial charge in [-0.1, -0.05) is 77.2 Å². The van der Waals surface area contributed by atoms with Gasteiger partial charge >= 0.3 is 0 Å².